The first-order chi connectivity index (χ1) is 16.3. The molecule has 0 aromatic rings. The van der Waals surface area contributed by atoms with E-state index in [2.05, 4.69) is 21.3 Å². The topological polar surface area (TPSA) is 243 Å². The summed E-state index contributed by atoms with van der Waals surface area (Å²) < 4.78 is 0. The number of carbonyl (C=O) groups excluding carboxylic acids is 4. The van der Waals surface area contributed by atoms with Crippen LogP contribution in [0.1, 0.15) is 52.9 Å². The number of unbranched alkanes of at least 4 members (excludes halogenated alkanes) is 1. The second-order valence-electron chi connectivity index (χ2n) is 8.45. The monoisotopic (exact) mass is 502 g/mol. The molecule has 0 aromatic heterocycles. The average molecular weight is 503 g/mol. The van der Waals surface area contributed by atoms with Gasteiger partial charge in [-0.25, -0.2) is 4.79 Å². The number of carboxylic acids is 2. The fourth-order valence-corrected chi connectivity index (χ4v) is 2.80. The van der Waals surface area contributed by atoms with Gasteiger partial charge in [0.1, 0.15) is 18.1 Å². The van der Waals surface area contributed by atoms with Crippen LogP contribution in [0.2, 0.25) is 0 Å². The van der Waals surface area contributed by atoms with Crippen LogP contribution in [0.15, 0.2) is 0 Å². The van der Waals surface area contributed by atoms with Crippen LogP contribution in [-0.2, 0) is 28.8 Å². The lowest BCUT2D eigenvalue weighted by Crippen LogP contribution is -2.56. The molecule has 14 nitrogen and oxygen atoms in total. The van der Waals surface area contributed by atoms with Crippen molar-refractivity contribution in [3.8, 4) is 0 Å². The molecule has 0 aliphatic carbocycles. The number of nitrogens with two attached hydrogens (primary N) is 2. The van der Waals surface area contributed by atoms with E-state index in [1.165, 1.54) is 6.92 Å². The molecule has 0 rings (SSSR count). The predicted octanol–water partition coefficient (Wildman–Crippen LogP) is -2.36. The summed E-state index contributed by atoms with van der Waals surface area (Å²) in [6.45, 7) is 4.61. The lowest BCUT2D eigenvalue weighted by Gasteiger charge is -2.23. The van der Waals surface area contributed by atoms with E-state index in [4.69, 9.17) is 16.6 Å². The molecular formula is C21H38N6O8. The summed E-state index contributed by atoms with van der Waals surface area (Å²) in [5.41, 5.74) is 11.1. The molecule has 0 bridgehead atoms. The van der Waals surface area contributed by atoms with E-state index in [0.717, 1.165) is 0 Å². The Bertz CT molecular complexity index is 760. The number of nitrogens with one attached hydrogen (secondary N) is 4. The maximum Gasteiger partial charge on any atom is 0.326 e. The van der Waals surface area contributed by atoms with Gasteiger partial charge in [0.25, 0.3) is 0 Å². The predicted molar refractivity (Wildman–Crippen MR) is 125 cm³/mol. The molecule has 0 fully saturated rings. The molecule has 14 heteroatoms. The van der Waals surface area contributed by atoms with Crippen molar-refractivity contribution in [2.24, 2.45) is 17.4 Å². The third-order valence-electron chi connectivity index (χ3n) is 5.06. The van der Waals surface area contributed by atoms with Crippen LogP contribution < -0.4 is 32.7 Å². The first-order valence-electron chi connectivity index (χ1n) is 11.4. The molecule has 0 spiro atoms. The second-order valence-corrected chi connectivity index (χ2v) is 8.45. The van der Waals surface area contributed by atoms with E-state index < -0.39 is 72.7 Å². The van der Waals surface area contributed by atoms with Gasteiger partial charge in [-0.2, -0.15) is 0 Å². The van der Waals surface area contributed by atoms with Gasteiger partial charge in [-0.05, 0) is 45.1 Å². The van der Waals surface area contributed by atoms with Crippen molar-refractivity contribution in [2.45, 2.75) is 77.0 Å². The van der Waals surface area contributed by atoms with Crippen molar-refractivity contribution in [1.29, 1.82) is 0 Å². The number of amides is 4. The average Bonchev–Trinajstić information content (AvgIpc) is 2.78. The molecule has 0 radical (unpaired) electrons. The van der Waals surface area contributed by atoms with Crippen LogP contribution in [0.3, 0.4) is 0 Å². The molecule has 10 N–H and O–H groups in total. The molecule has 200 valence electrons. The normalized spacial score (nSPS) is 14.2. The first-order valence-corrected chi connectivity index (χ1v) is 11.4. The molecule has 4 atom stereocenters. The summed E-state index contributed by atoms with van der Waals surface area (Å²) in [7, 11) is 0. The Morgan fingerprint density at radius 2 is 1.43 bits per heavy atom. The summed E-state index contributed by atoms with van der Waals surface area (Å²) in [5, 5.41) is 27.4. The van der Waals surface area contributed by atoms with E-state index in [1.54, 1.807) is 13.8 Å². The third kappa shape index (κ3) is 13.3. The van der Waals surface area contributed by atoms with Gasteiger partial charge in [0.15, 0.2) is 0 Å². The summed E-state index contributed by atoms with van der Waals surface area (Å²) in [6, 6.07) is -4.43. The number of rotatable bonds is 17. The Balaban J connectivity index is 4.89. The first kappa shape index (κ1) is 31.7. The zero-order valence-electron chi connectivity index (χ0n) is 20.3. The highest BCUT2D eigenvalue weighted by molar-refractivity contribution is 5.94. The van der Waals surface area contributed by atoms with Gasteiger partial charge in [-0.1, -0.05) is 13.8 Å². The second kappa shape index (κ2) is 16.4. The van der Waals surface area contributed by atoms with Crippen molar-refractivity contribution in [2.75, 3.05) is 13.1 Å². The minimum atomic E-state index is -1.24. The molecule has 0 saturated carbocycles. The highest BCUT2D eigenvalue weighted by atomic mass is 16.4. The van der Waals surface area contributed by atoms with E-state index >= 15 is 0 Å². The molecule has 0 unspecified atom stereocenters. The molecule has 4 amide bonds. The zero-order chi connectivity index (χ0) is 27.1. The number of hydrogen-bond donors (Lipinski definition) is 8. The number of carbonyl (C=O) groups is 6. The summed E-state index contributed by atoms with van der Waals surface area (Å²) in [6.07, 6.45) is 0.652. The van der Waals surface area contributed by atoms with Gasteiger partial charge in [-0.15, -0.1) is 0 Å². The van der Waals surface area contributed by atoms with Crippen molar-refractivity contribution < 1.29 is 39.0 Å². The van der Waals surface area contributed by atoms with Gasteiger partial charge in [0.05, 0.1) is 12.6 Å². The van der Waals surface area contributed by atoms with Crippen LogP contribution in [0.25, 0.3) is 0 Å². The van der Waals surface area contributed by atoms with Gasteiger partial charge >= 0.3 is 11.9 Å². The fourth-order valence-electron chi connectivity index (χ4n) is 2.80. The van der Waals surface area contributed by atoms with Crippen LogP contribution >= 0.6 is 0 Å². The van der Waals surface area contributed by atoms with Crippen molar-refractivity contribution in [3.63, 3.8) is 0 Å². The minimum absolute atomic E-state index is 0.183. The molecule has 35 heavy (non-hydrogen) atoms. The van der Waals surface area contributed by atoms with Gasteiger partial charge in [0, 0.05) is 6.42 Å². The minimum Gasteiger partial charge on any atom is -0.481 e. The Labute approximate surface area is 203 Å². The van der Waals surface area contributed by atoms with E-state index in [1.807, 2.05) is 0 Å². The molecule has 0 aliphatic rings. The Morgan fingerprint density at radius 1 is 0.800 bits per heavy atom. The lowest BCUT2D eigenvalue weighted by molar-refractivity contribution is -0.142. The molecule has 0 saturated heterocycles. The quantitative estimate of drug-likeness (QED) is 0.0983. The third-order valence-corrected chi connectivity index (χ3v) is 5.06. The van der Waals surface area contributed by atoms with Crippen molar-refractivity contribution >= 4 is 35.6 Å². The highest BCUT2D eigenvalue weighted by Crippen LogP contribution is 2.04. The maximum absolute atomic E-state index is 12.6. The van der Waals surface area contributed by atoms with E-state index in [0.29, 0.717) is 19.4 Å². The summed E-state index contributed by atoms with van der Waals surface area (Å²) in [5.74, 6) is -5.53. The summed E-state index contributed by atoms with van der Waals surface area (Å²) >= 11 is 0. The number of hydrogen-bond acceptors (Lipinski definition) is 8. The number of carboxylic acid groups (broad SMARTS) is 2. The van der Waals surface area contributed by atoms with Crippen LogP contribution in [-0.4, -0.2) is 83.0 Å². The Morgan fingerprint density at radius 3 is 1.94 bits per heavy atom. The smallest absolute Gasteiger partial charge is 0.326 e. The Kier molecular flexibility index (Phi) is 14.9. The van der Waals surface area contributed by atoms with E-state index in [9.17, 15) is 33.9 Å². The largest absolute Gasteiger partial charge is 0.481 e. The van der Waals surface area contributed by atoms with Gasteiger partial charge < -0.3 is 42.9 Å². The van der Waals surface area contributed by atoms with Crippen LogP contribution in [0.4, 0.5) is 0 Å². The van der Waals surface area contributed by atoms with Crippen LogP contribution in [0, 0.1) is 5.92 Å². The van der Waals surface area contributed by atoms with Crippen molar-refractivity contribution in [1.82, 2.24) is 21.3 Å². The summed E-state index contributed by atoms with van der Waals surface area (Å²) in [4.78, 5) is 71.3. The highest BCUT2D eigenvalue weighted by Gasteiger charge is 2.28. The molecule has 0 aromatic carbocycles. The maximum atomic E-state index is 12.6. The van der Waals surface area contributed by atoms with Crippen LogP contribution in [0.5, 0.6) is 0 Å². The zero-order valence-corrected chi connectivity index (χ0v) is 20.3. The van der Waals surface area contributed by atoms with Gasteiger partial charge in [-0.3, -0.25) is 24.0 Å². The fraction of sp³-hybridized carbons (Fsp3) is 0.714. The van der Waals surface area contributed by atoms with E-state index in [-0.39, 0.29) is 18.8 Å². The Hall–Kier alpha value is -3.26. The lowest BCUT2D eigenvalue weighted by atomic mass is 10.0. The molecular weight excluding hydrogens is 464 g/mol. The van der Waals surface area contributed by atoms with Gasteiger partial charge in [0.2, 0.25) is 23.6 Å². The molecule has 0 heterocycles. The van der Waals surface area contributed by atoms with Crippen molar-refractivity contribution in [3.05, 3.63) is 0 Å². The standard InChI is InChI=1S/C21H38N6O8/c1-11(2)17(23)20(33)27-13(7-8-16(29)30)19(32)25-12(3)18(31)24-10-15(28)26-14(21(34)35)6-4-5-9-22/h11-14,17H,4-10,22-23H2,1-3H3,(H,24,31)(H,25,32)(H,26,28)(H,27,33)(H,29,30)(H,34,35)/t12-,13-,14-,17-/m0/s1. The SMILES string of the molecule is CC(C)[C@H](N)C(=O)N[C@@H](CCC(=O)O)C(=O)N[C@@H](C)C(=O)NCC(=O)N[C@@H](CCCCN)C(=O)O. The number of aliphatic carboxylic acids is 2. The molecule has 0 aliphatic heterocycles.